The minimum atomic E-state index is -0.366. The zero-order valence-electron chi connectivity index (χ0n) is 13.2. The molecule has 1 fully saturated rings. The second kappa shape index (κ2) is 7.92. The van der Waals surface area contributed by atoms with Crippen LogP contribution in [0.25, 0.3) is 0 Å². The molecule has 1 atom stereocenters. The van der Waals surface area contributed by atoms with Gasteiger partial charge in [-0.05, 0) is 18.6 Å². The van der Waals surface area contributed by atoms with Gasteiger partial charge in [0.25, 0.3) is 0 Å². The monoisotopic (exact) mass is 334 g/mol. The molecule has 0 radical (unpaired) electrons. The number of rotatable bonds is 7. The van der Waals surface area contributed by atoms with Crippen LogP contribution >= 0.6 is 0 Å². The molecule has 0 bridgehead atoms. The van der Waals surface area contributed by atoms with E-state index in [-0.39, 0.29) is 24.8 Å². The SMILES string of the molecule is O=C(Cc1cc(COc2cccc(F)c2)on1)NCC1CCOC1. The molecule has 0 aliphatic carbocycles. The topological polar surface area (TPSA) is 73.6 Å². The number of nitrogens with one attached hydrogen (secondary N) is 1. The average Bonchev–Trinajstić information content (AvgIpc) is 3.23. The van der Waals surface area contributed by atoms with E-state index in [0.717, 1.165) is 13.0 Å². The summed E-state index contributed by atoms with van der Waals surface area (Å²) >= 11 is 0. The first-order valence-corrected chi connectivity index (χ1v) is 7.86. The lowest BCUT2D eigenvalue weighted by atomic mass is 10.1. The summed E-state index contributed by atoms with van der Waals surface area (Å²) in [6.45, 7) is 2.20. The predicted molar refractivity (Wildman–Crippen MR) is 82.9 cm³/mol. The van der Waals surface area contributed by atoms with Crippen molar-refractivity contribution in [2.45, 2.75) is 19.4 Å². The molecule has 1 unspecified atom stereocenters. The Kier molecular flexibility index (Phi) is 5.43. The van der Waals surface area contributed by atoms with Gasteiger partial charge in [-0.1, -0.05) is 11.2 Å². The first kappa shape index (κ1) is 16.4. The fourth-order valence-electron chi connectivity index (χ4n) is 2.45. The van der Waals surface area contributed by atoms with E-state index >= 15 is 0 Å². The Morgan fingerprint density at radius 1 is 1.42 bits per heavy atom. The Labute approximate surface area is 138 Å². The molecule has 0 saturated carbocycles. The molecule has 1 N–H and O–H groups in total. The van der Waals surface area contributed by atoms with E-state index in [2.05, 4.69) is 10.5 Å². The van der Waals surface area contributed by atoms with Gasteiger partial charge >= 0.3 is 0 Å². The Morgan fingerprint density at radius 2 is 2.33 bits per heavy atom. The molecule has 24 heavy (non-hydrogen) atoms. The molecule has 1 amide bonds. The van der Waals surface area contributed by atoms with Crippen LogP contribution in [0.15, 0.2) is 34.9 Å². The van der Waals surface area contributed by atoms with Gasteiger partial charge in [-0.3, -0.25) is 4.79 Å². The lowest BCUT2D eigenvalue weighted by molar-refractivity contribution is -0.120. The van der Waals surface area contributed by atoms with Gasteiger partial charge in [0.2, 0.25) is 5.91 Å². The summed E-state index contributed by atoms with van der Waals surface area (Å²) in [6, 6.07) is 7.52. The molecule has 2 heterocycles. The number of halogens is 1. The molecular weight excluding hydrogens is 315 g/mol. The van der Waals surface area contributed by atoms with Gasteiger partial charge < -0.3 is 19.3 Å². The van der Waals surface area contributed by atoms with Crippen LogP contribution in [-0.2, 0) is 22.6 Å². The molecule has 2 aromatic rings. The standard InChI is InChI=1S/C17H19FN2O4/c18-13-2-1-3-15(6-13)23-11-16-7-14(20-24-16)8-17(21)19-9-12-4-5-22-10-12/h1-3,6-7,12H,4-5,8-11H2,(H,19,21). The van der Waals surface area contributed by atoms with Gasteiger partial charge in [-0.25, -0.2) is 4.39 Å². The molecule has 7 heteroatoms. The van der Waals surface area contributed by atoms with Crippen LogP contribution in [0.2, 0.25) is 0 Å². The molecule has 1 aromatic heterocycles. The number of hydrogen-bond donors (Lipinski definition) is 1. The number of aromatic nitrogens is 1. The van der Waals surface area contributed by atoms with Gasteiger partial charge in [0.05, 0.1) is 18.7 Å². The van der Waals surface area contributed by atoms with Crippen molar-refractivity contribution in [3.05, 3.63) is 47.6 Å². The fraction of sp³-hybridized carbons (Fsp3) is 0.412. The number of carbonyl (C=O) groups is 1. The van der Waals surface area contributed by atoms with Crippen LogP contribution in [0.5, 0.6) is 5.75 Å². The van der Waals surface area contributed by atoms with Gasteiger partial charge in [0, 0.05) is 31.2 Å². The molecular formula is C17H19FN2O4. The number of benzene rings is 1. The van der Waals surface area contributed by atoms with Crippen LogP contribution in [0.3, 0.4) is 0 Å². The van der Waals surface area contributed by atoms with Crippen molar-refractivity contribution in [2.75, 3.05) is 19.8 Å². The zero-order valence-corrected chi connectivity index (χ0v) is 13.2. The minimum absolute atomic E-state index is 0.104. The van der Waals surface area contributed by atoms with Crippen molar-refractivity contribution in [3.63, 3.8) is 0 Å². The Balaban J connectivity index is 1.43. The number of ether oxygens (including phenoxy) is 2. The van der Waals surface area contributed by atoms with Crippen molar-refractivity contribution in [1.82, 2.24) is 10.5 Å². The second-order valence-corrected chi connectivity index (χ2v) is 5.74. The lowest BCUT2D eigenvalue weighted by Crippen LogP contribution is -2.30. The summed E-state index contributed by atoms with van der Waals surface area (Å²) in [6.07, 6.45) is 1.13. The molecule has 128 valence electrons. The lowest BCUT2D eigenvalue weighted by Gasteiger charge is -2.08. The smallest absolute Gasteiger partial charge is 0.226 e. The molecule has 1 saturated heterocycles. The maximum absolute atomic E-state index is 13.1. The van der Waals surface area contributed by atoms with E-state index in [4.69, 9.17) is 14.0 Å². The van der Waals surface area contributed by atoms with E-state index in [1.807, 2.05) is 0 Å². The summed E-state index contributed by atoms with van der Waals surface area (Å²) in [5.74, 6) is 0.806. The van der Waals surface area contributed by atoms with Crippen LogP contribution in [0.4, 0.5) is 4.39 Å². The third-order valence-electron chi connectivity index (χ3n) is 3.74. The Hall–Kier alpha value is -2.41. The highest BCUT2D eigenvalue weighted by Gasteiger charge is 2.17. The highest BCUT2D eigenvalue weighted by molar-refractivity contribution is 5.78. The predicted octanol–water partition coefficient (Wildman–Crippen LogP) is 2.09. The average molecular weight is 334 g/mol. The molecule has 1 aliphatic rings. The first-order valence-electron chi connectivity index (χ1n) is 7.86. The van der Waals surface area contributed by atoms with Crippen molar-refractivity contribution in [2.24, 2.45) is 5.92 Å². The molecule has 6 nitrogen and oxygen atoms in total. The van der Waals surface area contributed by atoms with E-state index in [9.17, 15) is 9.18 Å². The van der Waals surface area contributed by atoms with E-state index in [0.29, 0.717) is 36.3 Å². The number of nitrogens with zero attached hydrogens (tertiary/aromatic N) is 1. The zero-order chi connectivity index (χ0) is 16.8. The van der Waals surface area contributed by atoms with Crippen LogP contribution in [0.1, 0.15) is 17.9 Å². The van der Waals surface area contributed by atoms with Crippen molar-refractivity contribution in [3.8, 4) is 5.75 Å². The maximum Gasteiger partial charge on any atom is 0.226 e. The third-order valence-corrected chi connectivity index (χ3v) is 3.74. The maximum atomic E-state index is 13.1. The van der Waals surface area contributed by atoms with E-state index < -0.39 is 0 Å². The molecule has 1 aliphatic heterocycles. The first-order chi connectivity index (χ1) is 11.7. The summed E-state index contributed by atoms with van der Waals surface area (Å²) in [7, 11) is 0. The van der Waals surface area contributed by atoms with Crippen molar-refractivity contribution in [1.29, 1.82) is 0 Å². The highest BCUT2D eigenvalue weighted by Crippen LogP contribution is 2.15. The second-order valence-electron chi connectivity index (χ2n) is 5.74. The Morgan fingerprint density at radius 3 is 3.12 bits per heavy atom. The highest BCUT2D eigenvalue weighted by atomic mass is 19.1. The number of amides is 1. The Bertz CT molecular complexity index is 683. The van der Waals surface area contributed by atoms with Gasteiger partial charge in [-0.15, -0.1) is 0 Å². The quantitative estimate of drug-likeness (QED) is 0.839. The van der Waals surface area contributed by atoms with Crippen molar-refractivity contribution < 1.29 is 23.2 Å². The van der Waals surface area contributed by atoms with Crippen molar-refractivity contribution >= 4 is 5.91 Å². The number of hydrogen-bond acceptors (Lipinski definition) is 5. The number of carbonyl (C=O) groups excluding carboxylic acids is 1. The summed E-state index contributed by atoms with van der Waals surface area (Å²) in [4.78, 5) is 11.9. The largest absolute Gasteiger partial charge is 0.485 e. The fourth-order valence-corrected chi connectivity index (χ4v) is 2.45. The van der Waals surface area contributed by atoms with E-state index in [1.165, 1.54) is 12.1 Å². The molecule has 3 rings (SSSR count). The minimum Gasteiger partial charge on any atom is -0.485 e. The summed E-state index contributed by atoms with van der Waals surface area (Å²) in [5.41, 5.74) is 0.535. The van der Waals surface area contributed by atoms with Gasteiger partial charge in [0.15, 0.2) is 5.76 Å². The van der Waals surface area contributed by atoms with Crippen LogP contribution in [0, 0.1) is 11.7 Å². The van der Waals surface area contributed by atoms with Gasteiger partial charge in [-0.2, -0.15) is 0 Å². The molecule has 1 aromatic carbocycles. The normalized spacial score (nSPS) is 17.0. The summed E-state index contributed by atoms with van der Waals surface area (Å²) < 4.78 is 28.9. The molecule has 0 spiro atoms. The van der Waals surface area contributed by atoms with Crippen LogP contribution < -0.4 is 10.1 Å². The van der Waals surface area contributed by atoms with E-state index in [1.54, 1.807) is 18.2 Å². The van der Waals surface area contributed by atoms with Gasteiger partial charge in [0.1, 0.15) is 18.2 Å². The third kappa shape index (κ3) is 4.79. The summed E-state index contributed by atoms with van der Waals surface area (Å²) in [5, 5.41) is 6.72. The van der Waals surface area contributed by atoms with Crippen LogP contribution in [-0.4, -0.2) is 30.8 Å².